The second-order valence-electron chi connectivity index (χ2n) is 4.57. The Kier molecular flexibility index (Phi) is 3.26. The lowest BCUT2D eigenvalue weighted by molar-refractivity contribution is 0.602. The van der Waals surface area contributed by atoms with Crippen LogP contribution in [0.25, 0.3) is 11.1 Å². The van der Waals surface area contributed by atoms with Gasteiger partial charge in [-0.05, 0) is 36.6 Å². The molecule has 2 rings (SSSR count). The first-order valence-corrected chi connectivity index (χ1v) is 7.65. The van der Waals surface area contributed by atoms with Crippen LogP contribution >= 0.6 is 0 Å². The molecule has 0 amide bonds. The summed E-state index contributed by atoms with van der Waals surface area (Å²) in [4.78, 5) is 0.383. The van der Waals surface area contributed by atoms with Crippen LogP contribution in [0.3, 0.4) is 0 Å². The smallest absolute Gasteiger partial charge is 0.176 e. The Hall–Kier alpha value is -1.61. The first kappa shape index (κ1) is 12.8. The van der Waals surface area contributed by atoms with Gasteiger partial charge in [0.15, 0.2) is 9.84 Å². The van der Waals surface area contributed by atoms with E-state index in [1.807, 2.05) is 44.2 Å². The number of hydrogen-bond donors (Lipinski definition) is 0. The van der Waals surface area contributed by atoms with Crippen LogP contribution < -0.4 is 0 Å². The lowest BCUT2D eigenvalue weighted by Gasteiger charge is -2.09. The third kappa shape index (κ3) is 2.46. The van der Waals surface area contributed by atoms with Gasteiger partial charge in [-0.25, -0.2) is 8.42 Å². The largest absolute Gasteiger partial charge is 0.224 e. The van der Waals surface area contributed by atoms with E-state index in [9.17, 15) is 8.42 Å². The molecule has 0 unspecified atom stereocenters. The summed E-state index contributed by atoms with van der Waals surface area (Å²) in [6, 6.07) is 13.1. The lowest BCUT2D eigenvalue weighted by atomic mass is 10.0. The van der Waals surface area contributed by atoms with Crippen LogP contribution in [-0.4, -0.2) is 14.7 Å². The quantitative estimate of drug-likeness (QED) is 0.829. The highest BCUT2D eigenvalue weighted by molar-refractivity contribution is 7.90. The van der Waals surface area contributed by atoms with Crippen molar-refractivity contribution < 1.29 is 8.42 Å². The van der Waals surface area contributed by atoms with Crippen molar-refractivity contribution in [2.45, 2.75) is 18.7 Å². The molecule has 0 fully saturated rings. The van der Waals surface area contributed by atoms with E-state index in [-0.39, 0.29) is 0 Å². The summed E-state index contributed by atoms with van der Waals surface area (Å²) < 4.78 is 23.6. The summed E-state index contributed by atoms with van der Waals surface area (Å²) in [6.07, 6.45) is 1.24. The zero-order chi connectivity index (χ0) is 13.3. The van der Waals surface area contributed by atoms with Crippen molar-refractivity contribution in [3.63, 3.8) is 0 Å². The minimum atomic E-state index is -3.20. The average molecular weight is 260 g/mol. The Balaban J connectivity index is 2.68. The van der Waals surface area contributed by atoms with E-state index in [0.29, 0.717) is 4.90 Å². The van der Waals surface area contributed by atoms with Gasteiger partial charge in [0.1, 0.15) is 0 Å². The summed E-state index contributed by atoms with van der Waals surface area (Å²) in [5.74, 6) is 0. The molecular weight excluding hydrogens is 244 g/mol. The van der Waals surface area contributed by atoms with Crippen molar-refractivity contribution in [1.82, 2.24) is 0 Å². The van der Waals surface area contributed by atoms with E-state index >= 15 is 0 Å². The molecule has 0 saturated carbocycles. The maximum absolute atomic E-state index is 11.8. The van der Waals surface area contributed by atoms with E-state index in [4.69, 9.17) is 0 Å². The summed E-state index contributed by atoms with van der Waals surface area (Å²) in [5, 5.41) is 0. The summed E-state index contributed by atoms with van der Waals surface area (Å²) >= 11 is 0. The molecule has 0 aromatic heterocycles. The normalized spacial score (nSPS) is 11.5. The Labute approximate surface area is 108 Å². The molecule has 94 valence electrons. The number of benzene rings is 2. The molecule has 0 aliphatic carbocycles. The predicted molar refractivity (Wildman–Crippen MR) is 74.5 cm³/mol. The number of hydrogen-bond acceptors (Lipinski definition) is 2. The molecule has 0 atom stereocenters. The Morgan fingerprint density at radius 3 is 2.17 bits per heavy atom. The fraction of sp³-hybridized carbons (Fsp3) is 0.200. The van der Waals surface area contributed by atoms with Crippen LogP contribution in [0.4, 0.5) is 0 Å². The number of aryl methyl sites for hydroxylation is 2. The maximum Gasteiger partial charge on any atom is 0.176 e. The first-order valence-electron chi connectivity index (χ1n) is 5.76. The van der Waals surface area contributed by atoms with E-state index in [0.717, 1.165) is 16.7 Å². The predicted octanol–water partition coefficient (Wildman–Crippen LogP) is 3.37. The topological polar surface area (TPSA) is 34.1 Å². The van der Waals surface area contributed by atoms with Gasteiger partial charge in [0.2, 0.25) is 0 Å². The van der Waals surface area contributed by atoms with E-state index < -0.39 is 9.84 Å². The van der Waals surface area contributed by atoms with Crippen LogP contribution in [0.15, 0.2) is 47.4 Å². The highest BCUT2D eigenvalue weighted by Gasteiger charge is 2.13. The van der Waals surface area contributed by atoms with Gasteiger partial charge in [-0.2, -0.15) is 0 Å². The van der Waals surface area contributed by atoms with Gasteiger partial charge in [-0.15, -0.1) is 0 Å². The van der Waals surface area contributed by atoms with Crippen molar-refractivity contribution in [3.05, 3.63) is 53.6 Å². The highest BCUT2D eigenvalue weighted by Crippen LogP contribution is 2.28. The summed E-state index contributed by atoms with van der Waals surface area (Å²) in [7, 11) is -3.20. The molecule has 0 spiro atoms. The molecule has 0 radical (unpaired) electrons. The summed E-state index contributed by atoms with van der Waals surface area (Å²) in [6.45, 7) is 4.07. The molecule has 0 heterocycles. The minimum Gasteiger partial charge on any atom is -0.224 e. The minimum absolute atomic E-state index is 0.383. The standard InChI is InChI=1S/C15H16O2S/c1-11-8-9-13(10-12(11)2)14-6-4-5-7-15(14)18(3,16)17/h4-10H,1-3H3. The molecule has 0 bridgehead atoms. The molecule has 0 N–H and O–H groups in total. The van der Waals surface area contributed by atoms with Crippen LogP contribution in [-0.2, 0) is 9.84 Å². The SMILES string of the molecule is Cc1ccc(-c2ccccc2S(C)(=O)=O)cc1C. The van der Waals surface area contributed by atoms with E-state index in [1.54, 1.807) is 12.1 Å². The van der Waals surface area contributed by atoms with Crippen molar-refractivity contribution in [2.24, 2.45) is 0 Å². The van der Waals surface area contributed by atoms with Crippen LogP contribution in [0.2, 0.25) is 0 Å². The van der Waals surface area contributed by atoms with Crippen molar-refractivity contribution in [2.75, 3.05) is 6.26 Å². The second kappa shape index (κ2) is 4.58. The molecule has 2 nitrogen and oxygen atoms in total. The maximum atomic E-state index is 11.8. The van der Waals surface area contributed by atoms with Gasteiger partial charge in [-0.3, -0.25) is 0 Å². The molecule has 2 aromatic carbocycles. The third-order valence-electron chi connectivity index (χ3n) is 3.10. The van der Waals surface area contributed by atoms with Crippen molar-refractivity contribution >= 4 is 9.84 Å². The fourth-order valence-corrected chi connectivity index (χ4v) is 2.85. The highest BCUT2D eigenvalue weighted by atomic mass is 32.2. The Bertz CT molecular complexity index is 685. The van der Waals surface area contributed by atoms with Gasteiger partial charge >= 0.3 is 0 Å². The van der Waals surface area contributed by atoms with Gasteiger partial charge in [0, 0.05) is 11.8 Å². The van der Waals surface area contributed by atoms with Crippen LogP contribution in [0.5, 0.6) is 0 Å². The van der Waals surface area contributed by atoms with E-state index in [2.05, 4.69) is 0 Å². The van der Waals surface area contributed by atoms with Gasteiger partial charge in [-0.1, -0.05) is 36.4 Å². The molecule has 0 saturated heterocycles. The molecular formula is C15H16O2S. The molecule has 2 aromatic rings. The molecule has 18 heavy (non-hydrogen) atoms. The number of rotatable bonds is 2. The average Bonchev–Trinajstić information content (AvgIpc) is 2.32. The number of sulfone groups is 1. The van der Waals surface area contributed by atoms with Crippen LogP contribution in [0.1, 0.15) is 11.1 Å². The van der Waals surface area contributed by atoms with Crippen molar-refractivity contribution in [3.8, 4) is 11.1 Å². The van der Waals surface area contributed by atoms with E-state index in [1.165, 1.54) is 11.8 Å². The molecule has 0 aliphatic rings. The Morgan fingerprint density at radius 2 is 1.56 bits per heavy atom. The summed E-state index contributed by atoms with van der Waals surface area (Å²) in [5.41, 5.74) is 4.08. The Morgan fingerprint density at radius 1 is 0.889 bits per heavy atom. The molecule has 0 aliphatic heterocycles. The van der Waals surface area contributed by atoms with Crippen LogP contribution in [0, 0.1) is 13.8 Å². The van der Waals surface area contributed by atoms with Crippen molar-refractivity contribution in [1.29, 1.82) is 0 Å². The zero-order valence-electron chi connectivity index (χ0n) is 10.8. The zero-order valence-corrected chi connectivity index (χ0v) is 11.6. The lowest BCUT2D eigenvalue weighted by Crippen LogP contribution is -1.99. The van der Waals surface area contributed by atoms with Gasteiger partial charge < -0.3 is 0 Å². The fourth-order valence-electron chi connectivity index (χ4n) is 1.94. The van der Waals surface area contributed by atoms with Gasteiger partial charge in [0.05, 0.1) is 4.90 Å². The molecule has 3 heteroatoms. The third-order valence-corrected chi connectivity index (χ3v) is 4.26. The van der Waals surface area contributed by atoms with Gasteiger partial charge in [0.25, 0.3) is 0 Å². The first-order chi connectivity index (χ1) is 8.39. The monoisotopic (exact) mass is 260 g/mol. The second-order valence-corrected chi connectivity index (χ2v) is 6.55.